The van der Waals surface area contributed by atoms with Gasteiger partial charge in [0.1, 0.15) is 10.6 Å². The van der Waals surface area contributed by atoms with Gasteiger partial charge in [0.05, 0.1) is 5.39 Å². The first-order valence-electron chi connectivity index (χ1n) is 6.36. The normalized spacial score (nSPS) is 10.9. The Balaban J connectivity index is 1.98. The van der Waals surface area contributed by atoms with E-state index in [9.17, 15) is 0 Å². The third-order valence-electron chi connectivity index (χ3n) is 3.30. The summed E-state index contributed by atoms with van der Waals surface area (Å²) in [5, 5.41) is 4.73. The Morgan fingerprint density at radius 2 is 1.90 bits per heavy atom. The lowest BCUT2D eigenvalue weighted by Crippen LogP contribution is -2.02. The van der Waals surface area contributed by atoms with Crippen molar-refractivity contribution in [2.45, 2.75) is 20.4 Å². The Kier molecular flexibility index (Phi) is 3.59. The quantitative estimate of drug-likeness (QED) is 0.720. The number of halogens is 1. The number of nitrogens with one attached hydrogen (secondary N) is 1. The summed E-state index contributed by atoms with van der Waals surface area (Å²) in [7, 11) is 0. The van der Waals surface area contributed by atoms with Gasteiger partial charge in [0.25, 0.3) is 0 Å². The molecule has 0 aliphatic heterocycles. The predicted octanol–water partition coefficient (Wildman–Crippen LogP) is 4.57. The summed E-state index contributed by atoms with van der Waals surface area (Å²) in [5.41, 5.74) is 2.43. The molecule has 0 bridgehead atoms. The van der Waals surface area contributed by atoms with Gasteiger partial charge >= 0.3 is 0 Å². The highest BCUT2D eigenvalue weighted by molar-refractivity contribution is 7.18. The fourth-order valence-corrected chi connectivity index (χ4v) is 3.38. The monoisotopic (exact) mass is 303 g/mol. The van der Waals surface area contributed by atoms with Gasteiger partial charge in [0, 0.05) is 11.4 Å². The number of rotatable bonds is 3. The number of hydrogen-bond donors (Lipinski definition) is 1. The maximum absolute atomic E-state index is 6.01. The zero-order valence-corrected chi connectivity index (χ0v) is 12.8. The molecule has 2 heterocycles. The molecule has 3 aromatic rings. The highest BCUT2D eigenvalue weighted by Gasteiger charge is 2.13. The molecule has 102 valence electrons. The zero-order chi connectivity index (χ0) is 14.1. The van der Waals surface area contributed by atoms with E-state index in [1.54, 1.807) is 11.3 Å². The molecule has 3 rings (SSSR count). The smallest absolute Gasteiger partial charge is 0.225 e. The largest absolute Gasteiger partial charge is 0.365 e. The van der Waals surface area contributed by atoms with E-state index in [-0.39, 0.29) is 5.28 Å². The van der Waals surface area contributed by atoms with Gasteiger partial charge in [-0.15, -0.1) is 11.3 Å². The van der Waals surface area contributed by atoms with Crippen molar-refractivity contribution in [3.05, 3.63) is 51.6 Å². The van der Waals surface area contributed by atoms with Crippen LogP contribution in [-0.2, 0) is 6.54 Å². The molecular weight excluding hydrogens is 290 g/mol. The molecule has 3 nitrogen and oxygen atoms in total. The van der Waals surface area contributed by atoms with Crippen molar-refractivity contribution >= 4 is 39.0 Å². The molecular formula is C15H14ClN3S. The SMILES string of the molecule is Cc1sc2nc(Cl)nc(NCc3ccccc3)c2c1C. The van der Waals surface area contributed by atoms with Crippen molar-refractivity contribution < 1.29 is 0 Å². The second-order valence-electron chi connectivity index (χ2n) is 4.64. The average molecular weight is 304 g/mol. The molecule has 0 unspecified atom stereocenters. The van der Waals surface area contributed by atoms with Gasteiger partial charge in [-0.1, -0.05) is 30.3 Å². The molecule has 2 aromatic heterocycles. The van der Waals surface area contributed by atoms with Crippen LogP contribution in [0.25, 0.3) is 10.2 Å². The Morgan fingerprint density at radius 1 is 1.15 bits per heavy atom. The molecule has 0 aliphatic rings. The molecule has 0 saturated carbocycles. The Morgan fingerprint density at radius 3 is 2.65 bits per heavy atom. The van der Waals surface area contributed by atoms with Crippen molar-refractivity contribution in [2.75, 3.05) is 5.32 Å². The third kappa shape index (κ3) is 2.49. The first kappa shape index (κ1) is 13.3. The Labute approximate surface area is 126 Å². The van der Waals surface area contributed by atoms with E-state index in [4.69, 9.17) is 11.6 Å². The van der Waals surface area contributed by atoms with E-state index in [1.165, 1.54) is 16.0 Å². The van der Waals surface area contributed by atoms with Crippen LogP contribution in [0.3, 0.4) is 0 Å². The molecule has 0 radical (unpaired) electrons. The van der Waals surface area contributed by atoms with Crippen molar-refractivity contribution in [1.82, 2.24) is 9.97 Å². The summed E-state index contributed by atoms with van der Waals surface area (Å²) in [4.78, 5) is 10.8. The molecule has 5 heteroatoms. The third-order valence-corrected chi connectivity index (χ3v) is 4.57. The first-order valence-corrected chi connectivity index (χ1v) is 7.55. The van der Waals surface area contributed by atoms with Crippen molar-refractivity contribution in [3.63, 3.8) is 0 Å². The van der Waals surface area contributed by atoms with Gasteiger partial charge in [0.15, 0.2) is 0 Å². The fraction of sp³-hybridized carbons (Fsp3) is 0.200. The molecule has 1 aromatic carbocycles. The second-order valence-corrected chi connectivity index (χ2v) is 6.19. The van der Waals surface area contributed by atoms with Crippen LogP contribution >= 0.6 is 22.9 Å². The molecule has 0 amide bonds. The van der Waals surface area contributed by atoms with Crippen LogP contribution in [0.1, 0.15) is 16.0 Å². The minimum atomic E-state index is 0.286. The Bertz CT molecular complexity index is 753. The number of anilines is 1. The molecule has 0 spiro atoms. The lowest BCUT2D eigenvalue weighted by atomic mass is 10.2. The fourth-order valence-electron chi connectivity index (χ4n) is 2.13. The molecule has 20 heavy (non-hydrogen) atoms. The van der Waals surface area contributed by atoms with Gasteiger partial charge in [-0.25, -0.2) is 9.97 Å². The predicted molar refractivity (Wildman–Crippen MR) is 85.7 cm³/mol. The van der Waals surface area contributed by atoms with Gasteiger partial charge < -0.3 is 5.32 Å². The highest BCUT2D eigenvalue weighted by Crippen LogP contribution is 2.34. The topological polar surface area (TPSA) is 37.8 Å². The van der Waals surface area contributed by atoms with Gasteiger partial charge in [0.2, 0.25) is 5.28 Å². The van der Waals surface area contributed by atoms with Crippen molar-refractivity contribution in [3.8, 4) is 0 Å². The van der Waals surface area contributed by atoms with Gasteiger partial charge in [-0.05, 0) is 36.6 Å². The first-order chi connectivity index (χ1) is 9.65. The van der Waals surface area contributed by atoms with Crippen LogP contribution in [0.2, 0.25) is 5.28 Å². The summed E-state index contributed by atoms with van der Waals surface area (Å²) in [6, 6.07) is 10.2. The van der Waals surface area contributed by atoms with E-state index < -0.39 is 0 Å². The number of aromatic nitrogens is 2. The van der Waals surface area contributed by atoms with Crippen LogP contribution in [0, 0.1) is 13.8 Å². The summed E-state index contributed by atoms with van der Waals surface area (Å²) < 4.78 is 0. The zero-order valence-electron chi connectivity index (χ0n) is 11.3. The standard InChI is InChI=1S/C15H14ClN3S/c1-9-10(2)20-14-12(9)13(18-15(16)19-14)17-8-11-6-4-3-5-7-11/h3-7H,8H2,1-2H3,(H,17,18,19). The lowest BCUT2D eigenvalue weighted by Gasteiger charge is -2.08. The number of fused-ring (bicyclic) bond motifs is 1. The number of hydrogen-bond acceptors (Lipinski definition) is 4. The molecule has 0 atom stereocenters. The van der Waals surface area contributed by atoms with Crippen LogP contribution in [0.4, 0.5) is 5.82 Å². The number of thiophene rings is 1. The van der Waals surface area contributed by atoms with E-state index in [1.807, 2.05) is 18.2 Å². The molecule has 1 N–H and O–H groups in total. The van der Waals surface area contributed by atoms with Crippen molar-refractivity contribution in [1.29, 1.82) is 0 Å². The van der Waals surface area contributed by atoms with E-state index in [2.05, 4.69) is 41.3 Å². The summed E-state index contributed by atoms with van der Waals surface area (Å²) >= 11 is 7.66. The number of aryl methyl sites for hydroxylation is 2. The van der Waals surface area contributed by atoms with Crippen LogP contribution in [0.5, 0.6) is 0 Å². The van der Waals surface area contributed by atoms with Crippen LogP contribution in [0.15, 0.2) is 30.3 Å². The minimum absolute atomic E-state index is 0.286. The number of benzene rings is 1. The molecule has 0 fully saturated rings. The van der Waals surface area contributed by atoms with Crippen LogP contribution in [-0.4, -0.2) is 9.97 Å². The maximum atomic E-state index is 6.01. The average Bonchev–Trinajstić information content (AvgIpc) is 2.72. The molecule has 0 aliphatic carbocycles. The van der Waals surface area contributed by atoms with Gasteiger partial charge in [-0.2, -0.15) is 0 Å². The van der Waals surface area contributed by atoms with E-state index >= 15 is 0 Å². The van der Waals surface area contributed by atoms with E-state index in [0.29, 0.717) is 0 Å². The van der Waals surface area contributed by atoms with E-state index in [0.717, 1.165) is 22.6 Å². The van der Waals surface area contributed by atoms with Crippen LogP contribution < -0.4 is 5.32 Å². The Hall–Kier alpha value is -1.65. The van der Waals surface area contributed by atoms with Crippen molar-refractivity contribution in [2.24, 2.45) is 0 Å². The number of nitrogens with zero attached hydrogens (tertiary/aromatic N) is 2. The second kappa shape index (κ2) is 5.38. The molecule has 0 saturated heterocycles. The summed E-state index contributed by atoms with van der Waals surface area (Å²) in [5.74, 6) is 0.811. The summed E-state index contributed by atoms with van der Waals surface area (Å²) in [6.07, 6.45) is 0. The minimum Gasteiger partial charge on any atom is -0.365 e. The maximum Gasteiger partial charge on any atom is 0.225 e. The van der Waals surface area contributed by atoms with Gasteiger partial charge in [-0.3, -0.25) is 0 Å². The lowest BCUT2D eigenvalue weighted by molar-refractivity contribution is 1.10. The highest BCUT2D eigenvalue weighted by atomic mass is 35.5. The summed E-state index contributed by atoms with van der Waals surface area (Å²) in [6.45, 7) is 4.91.